The second kappa shape index (κ2) is 4.11. The molecular formula is C2H4O7P2Zr. The molecule has 0 atom stereocenters. The largest absolute Gasteiger partial charge is 4.00 e. The molecule has 0 unspecified atom stereocenters. The van der Waals surface area contributed by atoms with Crippen LogP contribution in [0.25, 0.3) is 0 Å². The molecule has 1 N–H and O–H groups in total. The zero-order valence-electron chi connectivity index (χ0n) is 5.79. The van der Waals surface area contributed by atoms with Crippen LogP contribution >= 0.6 is 15.2 Å². The summed E-state index contributed by atoms with van der Waals surface area (Å²) >= 11 is 0. The molecule has 0 spiro atoms. The van der Waals surface area contributed by atoms with Crippen molar-refractivity contribution in [2.75, 3.05) is 0 Å². The van der Waals surface area contributed by atoms with Gasteiger partial charge in [-0.1, -0.05) is 0 Å². The Morgan fingerprint density at radius 2 is 1.25 bits per heavy atom. The van der Waals surface area contributed by atoms with E-state index in [1.54, 1.807) is 0 Å². The molecule has 0 aliphatic heterocycles. The Kier molecular flexibility index (Phi) is 5.35. The van der Waals surface area contributed by atoms with Gasteiger partial charge < -0.3 is 33.8 Å². The second-order valence-corrected chi connectivity index (χ2v) is 6.05. The first-order valence-corrected chi connectivity index (χ1v) is 5.35. The van der Waals surface area contributed by atoms with E-state index in [1.807, 2.05) is 0 Å². The van der Waals surface area contributed by atoms with Crippen LogP contribution in [0.2, 0.25) is 0 Å². The summed E-state index contributed by atoms with van der Waals surface area (Å²) in [6, 6.07) is 0. The Balaban J connectivity index is 0. The van der Waals surface area contributed by atoms with Gasteiger partial charge in [0.05, 0.1) is 0 Å². The molecule has 0 aliphatic rings. The fraction of sp³-hybridized carbons (Fsp3) is 1.00. The third kappa shape index (κ3) is 3.13. The summed E-state index contributed by atoms with van der Waals surface area (Å²) in [5, 5.41) is 4.68. The van der Waals surface area contributed by atoms with Crippen molar-refractivity contribution in [3.05, 3.63) is 0 Å². The van der Waals surface area contributed by atoms with Gasteiger partial charge in [-0.25, -0.2) is 0 Å². The van der Waals surface area contributed by atoms with Gasteiger partial charge in [0.2, 0.25) is 0 Å². The number of hydrogen-bond donors (Lipinski definition) is 1. The third-order valence-corrected chi connectivity index (χ3v) is 4.58. The Bertz CT molecular complexity index is 212. The fourth-order valence-electron chi connectivity index (χ4n) is 0.150. The smallest absolute Gasteiger partial charge is 0.808 e. The van der Waals surface area contributed by atoms with Crippen molar-refractivity contribution >= 4 is 15.2 Å². The van der Waals surface area contributed by atoms with Gasteiger partial charge in [0.15, 0.2) is 0 Å². The Hall–Kier alpha value is 1.14. The predicted molar refractivity (Wildman–Crippen MR) is 25.8 cm³/mol. The molecule has 0 fully saturated rings. The van der Waals surface area contributed by atoms with Crippen molar-refractivity contribution in [3.63, 3.8) is 0 Å². The van der Waals surface area contributed by atoms with Crippen molar-refractivity contribution in [2.45, 2.75) is 12.0 Å². The molecule has 12 heavy (non-hydrogen) atoms. The Morgan fingerprint density at radius 1 is 1.08 bits per heavy atom. The van der Waals surface area contributed by atoms with Crippen molar-refractivity contribution in [1.29, 1.82) is 0 Å². The van der Waals surface area contributed by atoms with E-state index in [0.29, 0.717) is 0 Å². The van der Waals surface area contributed by atoms with E-state index < -0.39 is 20.3 Å². The molecule has 0 aromatic rings. The Labute approximate surface area is 87.2 Å². The molecule has 0 amide bonds. The van der Waals surface area contributed by atoms with E-state index >= 15 is 0 Å². The molecule has 0 heterocycles. The van der Waals surface area contributed by atoms with Crippen LogP contribution in [0, 0.1) is 0 Å². The number of hydrogen-bond acceptors (Lipinski definition) is 7. The van der Waals surface area contributed by atoms with Crippen molar-refractivity contribution in [1.82, 2.24) is 0 Å². The monoisotopic (exact) mass is 292 g/mol. The van der Waals surface area contributed by atoms with Crippen molar-refractivity contribution < 1.29 is 60.0 Å². The van der Waals surface area contributed by atoms with Crippen LogP contribution in [0.1, 0.15) is 6.92 Å². The molecule has 0 radical (unpaired) electrons. The van der Waals surface area contributed by atoms with Gasteiger partial charge in [-0.15, -0.1) is 0 Å². The molecule has 0 aromatic heterocycles. The van der Waals surface area contributed by atoms with E-state index in [9.17, 15) is 28.7 Å². The second-order valence-electron chi connectivity index (χ2n) is 1.97. The maximum atomic E-state index is 9.95. The maximum absolute atomic E-state index is 9.95. The summed E-state index contributed by atoms with van der Waals surface area (Å²) in [5.74, 6) is 0. The topological polar surface area (TPSA) is 147 Å². The van der Waals surface area contributed by atoms with Crippen molar-refractivity contribution in [2.24, 2.45) is 0 Å². The van der Waals surface area contributed by atoms with Crippen LogP contribution < -0.4 is 19.6 Å². The molecule has 0 saturated carbocycles. The summed E-state index contributed by atoms with van der Waals surface area (Å²) in [6.07, 6.45) is 0. The summed E-state index contributed by atoms with van der Waals surface area (Å²) in [7, 11) is -11.6. The van der Waals surface area contributed by atoms with Crippen LogP contribution in [0.4, 0.5) is 0 Å². The summed E-state index contributed by atoms with van der Waals surface area (Å²) in [6.45, 7) is 0.133. The normalized spacial score (nSPS) is 13.8. The number of aliphatic hydroxyl groups is 1. The molecular weight excluding hydrogens is 289 g/mol. The molecule has 68 valence electrons. The van der Waals surface area contributed by atoms with Crippen LogP contribution in [-0.4, -0.2) is 10.2 Å². The van der Waals surface area contributed by atoms with Crippen LogP contribution in [0.3, 0.4) is 0 Å². The van der Waals surface area contributed by atoms with E-state index in [4.69, 9.17) is 5.11 Å². The van der Waals surface area contributed by atoms with E-state index in [1.165, 1.54) is 0 Å². The SMILES string of the molecule is CC(O)(P(=O)([O-])[O-])P(=O)([O-])[O-].[Zr+4]. The molecule has 0 aromatic carbocycles. The zero-order valence-corrected chi connectivity index (χ0v) is 10.0. The third-order valence-electron chi connectivity index (χ3n) is 1.04. The average molecular weight is 293 g/mol. The minimum atomic E-state index is -5.82. The van der Waals surface area contributed by atoms with Crippen molar-refractivity contribution in [3.8, 4) is 0 Å². The first-order valence-electron chi connectivity index (χ1n) is 2.27. The molecule has 10 heteroatoms. The first-order chi connectivity index (χ1) is 4.50. The average Bonchev–Trinajstić information content (AvgIpc) is 1.58. The Morgan fingerprint density at radius 3 is 1.25 bits per heavy atom. The minimum Gasteiger partial charge on any atom is -0.808 e. The predicted octanol–water partition coefficient (Wildman–Crippen LogP) is -3.52. The van der Waals surface area contributed by atoms with Gasteiger partial charge >= 0.3 is 26.2 Å². The standard InChI is InChI=1S/C2H8O7P2.Zr/c1-2(3,10(4,5)6)11(7,8)9;/h3H,1H3,(H2,4,5,6)(H2,7,8,9);/q;+4/p-4. The quantitative estimate of drug-likeness (QED) is 0.519. The van der Waals surface area contributed by atoms with Crippen LogP contribution in [-0.2, 0) is 35.3 Å². The first kappa shape index (κ1) is 15.6. The van der Waals surface area contributed by atoms with Gasteiger partial charge in [0.1, 0.15) is 5.08 Å². The molecule has 0 aliphatic carbocycles. The molecule has 0 saturated heterocycles. The maximum Gasteiger partial charge on any atom is 4.00 e. The van der Waals surface area contributed by atoms with Gasteiger partial charge in [-0.05, 0) is 22.1 Å². The van der Waals surface area contributed by atoms with Crippen LogP contribution in [0.15, 0.2) is 0 Å². The fourth-order valence-corrected chi connectivity index (χ4v) is 1.35. The molecule has 7 nitrogen and oxygen atoms in total. The minimum absolute atomic E-state index is 0. The number of rotatable bonds is 2. The summed E-state index contributed by atoms with van der Waals surface area (Å²) < 4.78 is 19.9. The van der Waals surface area contributed by atoms with Gasteiger partial charge in [-0.2, -0.15) is 0 Å². The summed E-state index contributed by atoms with van der Waals surface area (Å²) in [4.78, 5) is 39.8. The van der Waals surface area contributed by atoms with Gasteiger partial charge in [-0.3, -0.25) is 0 Å². The molecule has 0 rings (SSSR count). The van der Waals surface area contributed by atoms with Gasteiger partial charge in [0.25, 0.3) is 0 Å². The van der Waals surface area contributed by atoms with Crippen LogP contribution in [0.5, 0.6) is 0 Å². The van der Waals surface area contributed by atoms with E-state index in [-0.39, 0.29) is 33.1 Å². The molecule has 0 bridgehead atoms. The zero-order chi connectivity index (χ0) is 9.50. The summed E-state index contributed by atoms with van der Waals surface area (Å²) in [5.41, 5.74) is 0. The van der Waals surface area contributed by atoms with Gasteiger partial charge in [0, 0.05) is 0 Å². The van der Waals surface area contributed by atoms with E-state index in [0.717, 1.165) is 0 Å². The van der Waals surface area contributed by atoms with E-state index in [2.05, 4.69) is 0 Å².